The highest BCUT2D eigenvalue weighted by Crippen LogP contribution is 2.02. The largest absolute Gasteiger partial charge is 0.370 e. The van der Waals surface area contributed by atoms with Crippen LogP contribution >= 0.6 is 0 Å². The minimum atomic E-state index is -0.211. The molecule has 0 radical (unpaired) electrons. The minimum Gasteiger partial charge on any atom is -0.370 e. The molecule has 70 valence electrons. The Bertz CT molecular complexity index is 160. The van der Waals surface area contributed by atoms with Crippen LogP contribution in [-0.2, 0) is 4.79 Å². The average molecular weight is 171 g/mol. The summed E-state index contributed by atoms with van der Waals surface area (Å²) in [6.45, 7) is 3.05. The lowest BCUT2D eigenvalue weighted by atomic mass is 10.1. The first-order valence-electron chi connectivity index (χ1n) is 4.38. The molecule has 4 nitrogen and oxygen atoms in total. The van der Waals surface area contributed by atoms with Crippen LogP contribution in [-0.4, -0.2) is 43.5 Å². The Morgan fingerprint density at radius 2 is 2.42 bits per heavy atom. The molecule has 0 aliphatic carbocycles. The number of nitrogens with zero attached hydrogens (tertiary/aromatic N) is 1. The maximum Gasteiger partial charge on any atom is 0.218 e. The fraction of sp³-hybridized carbons (Fsp3) is 0.875. The standard InChI is InChI=1S/C8H17N3O/c1-11-4-2-7(6-8(9)12)10-3-5-11/h7,10H,2-6H2,1H3,(H2,9,12). The Balaban J connectivity index is 2.30. The molecule has 1 fully saturated rings. The van der Waals surface area contributed by atoms with Gasteiger partial charge in [0.25, 0.3) is 0 Å². The summed E-state index contributed by atoms with van der Waals surface area (Å²) in [4.78, 5) is 12.9. The van der Waals surface area contributed by atoms with E-state index in [0.29, 0.717) is 6.42 Å². The van der Waals surface area contributed by atoms with Crippen molar-refractivity contribution in [3.63, 3.8) is 0 Å². The van der Waals surface area contributed by atoms with E-state index in [2.05, 4.69) is 17.3 Å². The number of amides is 1. The smallest absolute Gasteiger partial charge is 0.218 e. The third kappa shape index (κ3) is 3.19. The van der Waals surface area contributed by atoms with Gasteiger partial charge in [0.15, 0.2) is 0 Å². The second kappa shape index (κ2) is 4.42. The number of hydrogen-bond acceptors (Lipinski definition) is 3. The number of nitrogens with one attached hydrogen (secondary N) is 1. The van der Waals surface area contributed by atoms with Crippen LogP contribution in [0.15, 0.2) is 0 Å². The molecule has 1 unspecified atom stereocenters. The van der Waals surface area contributed by atoms with Gasteiger partial charge in [-0.2, -0.15) is 0 Å². The van der Waals surface area contributed by atoms with Crippen LogP contribution in [0.4, 0.5) is 0 Å². The van der Waals surface area contributed by atoms with Crippen molar-refractivity contribution in [3.05, 3.63) is 0 Å². The molecular formula is C8H17N3O. The molecular weight excluding hydrogens is 154 g/mol. The SMILES string of the molecule is CN1CCNC(CC(N)=O)CC1. The monoisotopic (exact) mass is 171 g/mol. The van der Waals surface area contributed by atoms with Crippen LogP contribution in [0.1, 0.15) is 12.8 Å². The fourth-order valence-electron chi connectivity index (χ4n) is 1.47. The summed E-state index contributed by atoms with van der Waals surface area (Å²) in [5.74, 6) is -0.211. The van der Waals surface area contributed by atoms with Crippen molar-refractivity contribution in [2.24, 2.45) is 5.73 Å². The van der Waals surface area contributed by atoms with E-state index in [1.54, 1.807) is 0 Å². The molecule has 1 saturated heterocycles. The van der Waals surface area contributed by atoms with E-state index in [1.807, 2.05) is 0 Å². The number of carbonyl (C=O) groups excluding carboxylic acids is 1. The number of primary amides is 1. The van der Waals surface area contributed by atoms with Crippen molar-refractivity contribution < 1.29 is 4.79 Å². The minimum absolute atomic E-state index is 0.211. The van der Waals surface area contributed by atoms with Crippen LogP contribution in [0.25, 0.3) is 0 Å². The van der Waals surface area contributed by atoms with E-state index < -0.39 is 0 Å². The molecule has 1 aliphatic heterocycles. The lowest BCUT2D eigenvalue weighted by molar-refractivity contribution is -0.118. The van der Waals surface area contributed by atoms with Gasteiger partial charge < -0.3 is 16.0 Å². The van der Waals surface area contributed by atoms with Crippen molar-refractivity contribution in [1.29, 1.82) is 0 Å². The van der Waals surface area contributed by atoms with Gasteiger partial charge in [0, 0.05) is 25.6 Å². The van der Waals surface area contributed by atoms with Crippen LogP contribution < -0.4 is 11.1 Å². The van der Waals surface area contributed by atoms with Gasteiger partial charge in [0.2, 0.25) is 5.91 Å². The number of hydrogen-bond donors (Lipinski definition) is 2. The lowest BCUT2D eigenvalue weighted by Crippen LogP contribution is -2.33. The molecule has 0 saturated carbocycles. The molecule has 0 aromatic carbocycles. The van der Waals surface area contributed by atoms with E-state index in [4.69, 9.17) is 5.73 Å². The van der Waals surface area contributed by atoms with Crippen LogP contribution in [0.2, 0.25) is 0 Å². The third-order valence-electron chi connectivity index (χ3n) is 2.23. The predicted octanol–water partition coefficient (Wildman–Crippen LogP) is -0.844. The third-order valence-corrected chi connectivity index (χ3v) is 2.23. The van der Waals surface area contributed by atoms with E-state index in [9.17, 15) is 4.79 Å². The maximum absolute atomic E-state index is 10.6. The zero-order valence-corrected chi connectivity index (χ0v) is 7.55. The molecule has 0 bridgehead atoms. The quantitative estimate of drug-likeness (QED) is 0.569. The number of carbonyl (C=O) groups is 1. The highest BCUT2D eigenvalue weighted by molar-refractivity contribution is 5.74. The Morgan fingerprint density at radius 3 is 3.08 bits per heavy atom. The lowest BCUT2D eigenvalue weighted by Gasteiger charge is -2.13. The van der Waals surface area contributed by atoms with Gasteiger partial charge >= 0.3 is 0 Å². The summed E-state index contributed by atoms with van der Waals surface area (Å²) >= 11 is 0. The van der Waals surface area contributed by atoms with Crippen molar-refractivity contribution in [3.8, 4) is 0 Å². The molecule has 4 heteroatoms. The maximum atomic E-state index is 10.6. The van der Waals surface area contributed by atoms with Gasteiger partial charge in [-0.05, 0) is 20.0 Å². The highest BCUT2D eigenvalue weighted by Gasteiger charge is 2.15. The number of likely N-dealkylation sites (N-methyl/N-ethyl adjacent to an activating group) is 1. The molecule has 0 spiro atoms. The van der Waals surface area contributed by atoms with E-state index in [1.165, 1.54) is 0 Å². The van der Waals surface area contributed by atoms with Gasteiger partial charge in [-0.3, -0.25) is 4.79 Å². The molecule has 1 atom stereocenters. The fourth-order valence-corrected chi connectivity index (χ4v) is 1.47. The van der Waals surface area contributed by atoms with Gasteiger partial charge in [-0.15, -0.1) is 0 Å². The summed E-state index contributed by atoms with van der Waals surface area (Å²) in [5.41, 5.74) is 5.12. The first kappa shape index (κ1) is 9.48. The van der Waals surface area contributed by atoms with Crippen molar-refractivity contribution in [2.45, 2.75) is 18.9 Å². The Labute approximate surface area is 73.1 Å². The highest BCUT2D eigenvalue weighted by atomic mass is 16.1. The van der Waals surface area contributed by atoms with Gasteiger partial charge in [-0.1, -0.05) is 0 Å². The average Bonchev–Trinajstić information content (AvgIpc) is 2.15. The van der Waals surface area contributed by atoms with Crippen LogP contribution in [0.3, 0.4) is 0 Å². The molecule has 1 aliphatic rings. The second-order valence-corrected chi connectivity index (χ2v) is 3.41. The normalized spacial score (nSPS) is 26.6. The Kier molecular flexibility index (Phi) is 3.49. The van der Waals surface area contributed by atoms with Crippen molar-refractivity contribution in [2.75, 3.05) is 26.7 Å². The van der Waals surface area contributed by atoms with E-state index >= 15 is 0 Å². The van der Waals surface area contributed by atoms with Crippen LogP contribution in [0, 0.1) is 0 Å². The second-order valence-electron chi connectivity index (χ2n) is 3.41. The summed E-state index contributed by atoms with van der Waals surface area (Å²) in [6, 6.07) is 0.285. The Hall–Kier alpha value is -0.610. The predicted molar refractivity (Wildman–Crippen MR) is 47.7 cm³/mol. The summed E-state index contributed by atoms with van der Waals surface area (Å²) in [7, 11) is 2.09. The Morgan fingerprint density at radius 1 is 1.67 bits per heavy atom. The number of rotatable bonds is 2. The van der Waals surface area contributed by atoms with Gasteiger partial charge in [0.1, 0.15) is 0 Å². The molecule has 0 aromatic heterocycles. The molecule has 1 amide bonds. The van der Waals surface area contributed by atoms with Crippen molar-refractivity contribution >= 4 is 5.91 Å². The first-order valence-corrected chi connectivity index (χ1v) is 4.38. The zero-order valence-electron chi connectivity index (χ0n) is 7.55. The van der Waals surface area contributed by atoms with E-state index in [-0.39, 0.29) is 11.9 Å². The van der Waals surface area contributed by atoms with Gasteiger partial charge in [-0.25, -0.2) is 0 Å². The summed E-state index contributed by atoms with van der Waals surface area (Å²) < 4.78 is 0. The van der Waals surface area contributed by atoms with Crippen LogP contribution in [0.5, 0.6) is 0 Å². The molecule has 0 aromatic rings. The van der Waals surface area contributed by atoms with Crippen molar-refractivity contribution in [1.82, 2.24) is 10.2 Å². The zero-order chi connectivity index (χ0) is 8.97. The molecule has 1 heterocycles. The topological polar surface area (TPSA) is 58.4 Å². The van der Waals surface area contributed by atoms with E-state index in [0.717, 1.165) is 26.1 Å². The number of nitrogens with two attached hydrogens (primary N) is 1. The van der Waals surface area contributed by atoms with Gasteiger partial charge in [0.05, 0.1) is 0 Å². The first-order chi connectivity index (χ1) is 5.68. The molecule has 3 N–H and O–H groups in total. The molecule has 12 heavy (non-hydrogen) atoms. The molecule has 1 rings (SSSR count). The summed E-state index contributed by atoms with van der Waals surface area (Å²) in [5, 5.41) is 3.30. The summed E-state index contributed by atoms with van der Waals surface area (Å²) in [6.07, 6.45) is 1.48.